The van der Waals surface area contributed by atoms with Gasteiger partial charge in [0.25, 0.3) is 0 Å². The smallest absolute Gasteiger partial charge is 0.331 e. The molecule has 11 nitrogen and oxygen atoms in total. The Morgan fingerprint density at radius 1 is 0.975 bits per heavy atom. The van der Waals surface area contributed by atoms with Crippen molar-refractivity contribution in [1.29, 1.82) is 0 Å². The number of esters is 1. The van der Waals surface area contributed by atoms with E-state index < -0.39 is 58.5 Å². The number of hydrogen-bond acceptors (Lipinski definition) is 11. The lowest BCUT2D eigenvalue weighted by atomic mass is 9.41. The zero-order valence-corrected chi connectivity index (χ0v) is 23.1. The minimum atomic E-state index is -2.59. The largest absolute Gasteiger partial charge is 0.458 e. The third kappa shape index (κ3) is 3.71. The Bertz CT molecular complexity index is 1100. The first-order chi connectivity index (χ1) is 18.7. The van der Waals surface area contributed by atoms with Crippen molar-refractivity contribution in [1.82, 2.24) is 0 Å². The average Bonchev–Trinajstić information content (AvgIpc) is 3.45. The van der Waals surface area contributed by atoms with Crippen LogP contribution in [0.2, 0.25) is 0 Å². The number of fused-ring (bicyclic) bond motifs is 5. The molecular weight excluding hydrogens is 524 g/mol. The summed E-state index contributed by atoms with van der Waals surface area (Å²) in [4.78, 5) is 24.8. The second-order valence-corrected chi connectivity index (χ2v) is 13.6. The number of aliphatic hydroxyl groups excluding tert-OH is 3. The molecule has 0 aromatic carbocycles. The van der Waals surface area contributed by atoms with E-state index in [2.05, 4.69) is 6.92 Å². The third-order valence-corrected chi connectivity index (χ3v) is 12.0. The summed E-state index contributed by atoms with van der Waals surface area (Å²) in [6, 6.07) is 0. The number of cyclic esters (lactones) is 1. The van der Waals surface area contributed by atoms with Crippen LogP contribution in [-0.4, -0.2) is 97.2 Å². The number of carbonyl (C=O) groups excluding carboxylic acids is 2. The van der Waals surface area contributed by atoms with Gasteiger partial charge >= 0.3 is 11.9 Å². The summed E-state index contributed by atoms with van der Waals surface area (Å²) < 4.78 is 16.3. The summed E-state index contributed by atoms with van der Waals surface area (Å²) in [6.45, 7) is 3.78. The molecule has 6 rings (SSSR count). The van der Waals surface area contributed by atoms with Gasteiger partial charge in [0.1, 0.15) is 25.1 Å². The molecule has 6 aliphatic rings. The van der Waals surface area contributed by atoms with Gasteiger partial charge in [-0.2, -0.15) is 0 Å². The summed E-state index contributed by atoms with van der Waals surface area (Å²) in [6.07, 6.45) is -0.559. The Hall–Kier alpha value is -1.44. The van der Waals surface area contributed by atoms with Gasteiger partial charge in [-0.3, -0.25) is 0 Å². The van der Waals surface area contributed by atoms with Gasteiger partial charge in [0.15, 0.2) is 6.10 Å². The molecule has 0 bridgehead atoms. The zero-order chi connectivity index (χ0) is 28.9. The van der Waals surface area contributed by atoms with Gasteiger partial charge in [0.2, 0.25) is 0 Å². The molecule has 2 heterocycles. The van der Waals surface area contributed by atoms with E-state index in [-0.39, 0.29) is 56.0 Å². The minimum Gasteiger partial charge on any atom is -0.458 e. The molecule has 13 atom stereocenters. The molecule has 2 aliphatic heterocycles. The van der Waals surface area contributed by atoms with E-state index in [1.54, 1.807) is 6.08 Å². The monoisotopic (exact) mass is 566 g/mol. The predicted molar refractivity (Wildman–Crippen MR) is 136 cm³/mol. The number of aliphatic hydroxyl groups is 6. The highest BCUT2D eigenvalue weighted by Crippen LogP contribution is 2.70. The van der Waals surface area contributed by atoms with Crippen molar-refractivity contribution in [2.24, 2.45) is 28.6 Å². The maximum Gasteiger partial charge on any atom is 0.331 e. The number of aldehydes is 1. The second kappa shape index (κ2) is 9.28. The molecule has 40 heavy (non-hydrogen) atoms. The van der Waals surface area contributed by atoms with E-state index >= 15 is 0 Å². The van der Waals surface area contributed by atoms with E-state index in [1.807, 2.05) is 0 Å². The molecule has 224 valence electrons. The Labute approximate surface area is 233 Å². The number of carbonyl (C=O) groups is 2. The number of ether oxygens (including phenoxy) is 3. The van der Waals surface area contributed by atoms with Gasteiger partial charge in [-0.25, -0.2) is 4.79 Å². The van der Waals surface area contributed by atoms with Crippen LogP contribution >= 0.6 is 0 Å². The van der Waals surface area contributed by atoms with Crippen LogP contribution in [0.1, 0.15) is 71.6 Å². The first-order valence-electron chi connectivity index (χ1n) is 14.6. The van der Waals surface area contributed by atoms with Crippen molar-refractivity contribution in [3.8, 4) is 0 Å². The van der Waals surface area contributed by atoms with E-state index in [9.17, 15) is 40.2 Å². The second-order valence-electron chi connectivity index (χ2n) is 13.6. The van der Waals surface area contributed by atoms with Crippen molar-refractivity contribution >= 4 is 12.3 Å². The van der Waals surface area contributed by atoms with Crippen LogP contribution < -0.4 is 0 Å². The quantitative estimate of drug-likeness (QED) is 0.117. The number of rotatable bonds is 4. The van der Waals surface area contributed by atoms with Crippen molar-refractivity contribution in [3.63, 3.8) is 0 Å². The highest BCUT2D eigenvalue weighted by atomic mass is 16.8. The van der Waals surface area contributed by atoms with E-state index in [0.29, 0.717) is 25.7 Å². The Kier molecular flexibility index (Phi) is 6.65. The van der Waals surface area contributed by atoms with Crippen LogP contribution in [0.15, 0.2) is 11.6 Å². The van der Waals surface area contributed by atoms with Crippen LogP contribution in [0.25, 0.3) is 0 Å². The van der Waals surface area contributed by atoms with Crippen molar-refractivity contribution in [3.05, 3.63) is 11.6 Å². The first-order valence-corrected chi connectivity index (χ1v) is 14.6. The summed E-state index contributed by atoms with van der Waals surface area (Å²) >= 11 is 0. The summed E-state index contributed by atoms with van der Waals surface area (Å²) in [5.74, 6) is -3.38. The normalized spacial score (nSPS) is 56.0. The van der Waals surface area contributed by atoms with E-state index in [4.69, 9.17) is 14.2 Å². The van der Waals surface area contributed by atoms with Crippen molar-refractivity contribution < 1.29 is 54.4 Å². The molecule has 0 aromatic heterocycles. The Morgan fingerprint density at radius 2 is 1.70 bits per heavy atom. The van der Waals surface area contributed by atoms with Crippen molar-refractivity contribution in [2.75, 3.05) is 6.61 Å². The molecule has 0 spiro atoms. The van der Waals surface area contributed by atoms with Crippen molar-refractivity contribution in [2.45, 2.75) is 119 Å². The van der Waals surface area contributed by atoms with Gasteiger partial charge in [-0.15, -0.1) is 0 Å². The SMILES string of the molecule is CC1OC(O)(OC2CCC3(C=O)C4CCC5(C)C(C6=CC(=O)OC6)CCC5(O)C4CCC3(O)C2)C(O)C(O)C1O. The van der Waals surface area contributed by atoms with Crippen LogP contribution in [0.5, 0.6) is 0 Å². The Balaban J connectivity index is 1.24. The zero-order valence-electron chi connectivity index (χ0n) is 23.1. The molecule has 0 amide bonds. The predicted octanol–water partition coefficient (Wildman–Crippen LogP) is 0.0700. The summed E-state index contributed by atoms with van der Waals surface area (Å²) in [5.41, 5.74) is -3.19. The molecule has 11 heteroatoms. The van der Waals surface area contributed by atoms with Crippen LogP contribution in [-0.2, 0) is 23.8 Å². The topological polar surface area (TPSA) is 183 Å². The molecule has 6 N–H and O–H groups in total. The minimum absolute atomic E-state index is 0.00500. The molecule has 4 aliphatic carbocycles. The fraction of sp³-hybridized carbons (Fsp3) is 0.862. The maximum atomic E-state index is 13.0. The molecule has 0 radical (unpaired) electrons. The fourth-order valence-electron chi connectivity index (χ4n) is 9.84. The fourth-order valence-corrected chi connectivity index (χ4v) is 9.84. The summed E-state index contributed by atoms with van der Waals surface area (Å²) in [5, 5.41) is 66.0. The van der Waals surface area contributed by atoms with Gasteiger partial charge in [0.05, 0.1) is 28.8 Å². The van der Waals surface area contributed by atoms with E-state index in [0.717, 1.165) is 18.3 Å². The molecule has 0 aromatic rings. The third-order valence-electron chi connectivity index (χ3n) is 12.0. The highest BCUT2D eigenvalue weighted by Gasteiger charge is 2.72. The van der Waals surface area contributed by atoms with Crippen LogP contribution in [0, 0.1) is 28.6 Å². The highest BCUT2D eigenvalue weighted by molar-refractivity contribution is 5.85. The Morgan fingerprint density at radius 3 is 2.38 bits per heavy atom. The molecule has 5 fully saturated rings. The van der Waals surface area contributed by atoms with Crippen LogP contribution in [0.3, 0.4) is 0 Å². The van der Waals surface area contributed by atoms with Gasteiger partial charge in [-0.05, 0) is 81.6 Å². The van der Waals surface area contributed by atoms with Gasteiger partial charge in [-0.1, -0.05) is 6.92 Å². The lowest BCUT2D eigenvalue weighted by molar-refractivity contribution is -0.458. The lowest BCUT2D eigenvalue weighted by Crippen LogP contribution is -2.70. The summed E-state index contributed by atoms with van der Waals surface area (Å²) in [7, 11) is 0. The molecule has 4 saturated carbocycles. The van der Waals surface area contributed by atoms with Crippen LogP contribution in [0.4, 0.5) is 0 Å². The average molecular weight is 567 g/mol. The molecule has 13 unspecified atom stereocenters. The van der Waals surface area contributed by atoms with Gasteiger partial charge < -0.3 is 49.6 Å². The maximum absolute atomic E-state index is 13.0. The van der Waals surface area contributed by atoms with E-state index in [1.165, 1.54) is 6.92 Å². The lowest BCUT2D eigenvalue weighted by Gasteiger charge is -2.65. The first kappa shape index (κ1) is 28.7. The van der Waals surface area contributed by atoms with Gasteiger partial charge in [0, 0.05) is 17.9 Å². The molecule has 1 saturated heterocycles. The number of hydrogen-bond donors (Lipinski definition) is 6. The standard InChI is InChI=1S/C29H42O11/c1-15-22(32)23(33)24(34)29(37,39-15)40-17-3-8-26(14-30)19-4-7-25(2)18(16-11-21(31)38-13-16)6-10-28(25,36)20(19)5-9-27(26,35)12-17/h11,14-15,17-20,22-24,32-37H,3-10,12-13H2,1-2H3. The molecular formula is C29H42O11.